The molecule has 0 bridgehead atoms. The highest BCUT2D eigenvalue weighted by atomic mass is 16.6. The molecule has 0 aromatic heterocycles. The molecule has 0 aliphatic rings. The van der Waals surface area contributed by atoms with E-state index in [9.17, 15) is 14.7 Å². The molecular formula is C10H19NO5. The highest BCUT2D eigenvalue weighted by molar-refractivity contribution is 5.82. The maximum Gasteiger partial charge on any atom is 0.410 e. The lowest BCUT2D eigenvalue weighted by molar-refractivity contribution is -0.167. The summed E-state index contributed by atoms with van der Waals surface area (Å²) in [6.45, 7) is 7.88. The summed E-state index contributed by atoms with van der Waals surface area (Å²) in [7, 11) is 0. The van der Waals surface area contributed by atoms with E-state index in [1.54, 1.807) is 20.8 Å². The predicted octanol–water partition coefficient (Wildman–Crippen LogP) is 0.940. The van der Waals surface area contributed by atoms with Gasteiger partial charge in [-0.05, 0) is 20.8 Å². The van der Waals surface area contributed by atoms with Crippen molar-refractivity contribution in [3.05, 3.63) is 0 Å². The largest absolute Gasteiger partial charge is 0.478 e. The SMILES string of the molecule is CC(C)[C@](O)(NC(=O)OC(C)(C)C)C(=O)O. The van der Waals surface area contributed by atoms with Gasteiger partial charge in [0.1, 0.15) is 5.60 Å². The van der Waals surface area contributed by atoms with Crippen molar-refractivity contribution in [1.29, 1.82) is 0 Å². The number of rotatable bonds is 3. The summed E-state index contributed by atoms with van der Waals surface area (Å²) in [5, 5.41) is 20.5. The zero-order chi connectivity index (χ0) is 13.1. The number of carbonyl (C=O) groups is 2. The molecule has 0 rings (SSSR count). The lowest BCUT2D eigenvalue weighted by Crippen LogP contribution is -2.58. The normalized spacial score (nSPS) is 15.4. The van der Waals surface area contributed by atoms with E-state index in [1.165, 1.54) is 13.8 Å². The molecule has 6 nitrogen and oxygen atoms in total. The summed E-state index contributed by atoms with van der Waals surface area (Å²) in [5.74, 6) is -2.20. The first-order valence-corrected chi connectivity index (χ1v) is 4.96. The Morgan fingerprint density at radius 3 is 1.94 bits per heavy atom. The lowest BCUT2D eigenvalue weighted by Gasteiger charge is -2.29. The molecule has 1 atom stereocenters. The van der Waals surface area contributed by atoms with Crippen LogP contribution < -0.4 is 5.32 Å². The molecule has 16 heavy (non-hydrogen) atoms. The van der Waals surface area contributed by atoms with Gasteiger partial charge >= 0.3 is 12.1 Å². The Hall–Kier alpha value is -1.30. The van der Waals surface area contributed by atoms with Crippen molar-refractivity contribution in [2.45, 2.75) is 45.9 Å². The van der Waals surface area contributed by atoms with Gasteiger partial charge in [0, 0.05) is 5.92 Å². The molecular weight excluding hydrogens is 214 g/mol. The van der Waals surface area contributed by atoms with Crippen LogP contribution in [0.5, 0.6) is 0 Å². The number of alkyl carbamates (subject to hydrolysis) is 1. The number of ether oxygens (including phenoxy) is 1. The molecule has 6 heteroatoms. The van der Waals surface area contributed by atoms with Crippen LogP contribution in [-0.2, 0) is 9.53 Å². The number of aliphatic carboxylic acids is 1. The second-order valence-corrected chi connectivity index (χ2v) is 4.85. The number of hydrogen-bond acceptors (Lipinski definition) is 4. The number of carbonyl (C=O) groups excluding carboxylic acids is 1. The van der Waals surface area contributed by atoms with E-state index in [1.807, 2.05) is 5.32 Å². The Morgan fingerprint density at radius 1 is 1.25 bits per heavy atom. The standard InChI is InChI=1S/C10H19NO5/c1-6(2)10(15,7(12)13)11-8(14)16-9(3,4)5/h6,15H,1-5H3,(H,11,14)(H,12,13)/t10-/m1/s1. The fourth-order valence-corrected chi connectivity index (χ4v) is 0.904. The van der Waals surface area contributed by atoms with E-state index in [4.69, 9.17) is 9.84 Å². The van der Waals surface area contributed by atoms with Crippen LogP contribution in [0.1, 0.15) is 34.6 Å². The van der Waals surface area contributed by atoms with Crippen LogP contribution in [-0.4, -0.2) is 33.6 Å². The fourth-order valence-electron chi connectivity index (χ4n) is 0.904. The molecule has 0 radical (unpaired) electrons. The van der Waals surface area contributed by atoms with Gasteiger partial charge in [-0.1, -0.05) is 13.8 Å². The Labute approximate surface area is 94.6 Å². The third kappa shape index (κ3) is 4.06. The molecule has 0 heterocycles. The minimum Gasteiger partial charge on any atom is -0.478 e. The molecule has 0 saturated heterocycles. The van der Waals surface area contributed by atoms with Gasteiger partial charge in [-0.15, -0.1) is 0 Å². The zero-order valence-corrected chi connectivity index (χ0v) is 10.2. The third-order valence-corrected chi connectivity index (χ3v) is 1.85. The number of hydrogen-bond donors (Lipinski definition) is 3. The number of nitrogens with one attached hydrogen (secondary N) is 1. The van der Waals surface area contributed by atoms with Crippen LogP contribution in [0.3, 0.4) is 0 Å². The topological polar surface area (TPSA) is 95.9 Å². The Bertz CT molecular complexity index is 281. The predicted molar refractivity (Wildman–Crippen MR) is 56.8 cm³/mol. The van der Waals surface area contributed by atoms with Crippen molar-refractivity contribution in [1.82, 2.24) is 5.32 Å². The quantitative estimate of drug-likeness (QED) is 0.630. The highest BCUT2D eigenvalue weighted by Crippen LogP contribution is 2.15. The monoisotopic (exact) mass is 233 g/mol. The second kappa shape index (κ2) is 4.69. The molecule has 0 spiro atoms. The Morgan fingerprint density at radius 2 is 1.69 bits per heavy atom. The van der Waals surface area contributed by atoms with Crippen molar-refractivity contribution in [2.75, 3.05) is 0 Å². The smallest absolute Gasteiger partial charge is 0.410 e. The number of aliphatic hydroxyl groups is 1. The molecule has 0 aliphatic heterocycles. The van der Waals surface area contributed by atoms with Crippen molar-refractivity contribution in [2.24, 2.45) is 5.92 Å². The van der Waals surface area contributed by atoms with E-state index in [0.717, 1.165) is 0 Å². The highest BCUT2D eigenvalue weighted by Gasteiger charge is 2.42. The summed E-state index contributed by atoms with van der Waals surface area (Å²) in [6, 6.07) is 0. The van der Waals surface area contributed by atoms with Gasteiger partial charge in [0.25, 0.3) is 0 Å². The van der Waals surface area contributed by atoms with E-state index in [2.05, 4.69) is 0 Å². The average Bonchev–Trinajstić information content (AvgIpc) is 1.98. The molecule has 0 unspecified atom stereocenters. The van der Waals surface area contributed by atoms with Gasteiger partial charge < -0.3 is 14.9 Å². The Balaban J connectivity index is 4.68. The third-order valence-electron chi connectivity index (χ3n) is 1.85. The van der Waals surface area contributed by atoms with E-state index >= 15 is 0 Å². The van der Waals surface area contributed by atoms with Crippen molar-refractivity contribution >= 4 is 12.1 Å². The Kier molecular flexibility index (Phi) is 4.31. The number of carboxylic acids is 1. The average molecular weight is 233 g/mol. The molecule has 0 aromatic rings. The second-order valence-electron chi connectivity index (χ2n) is 4.85. The van der Waals surface area contributed by atoms with Gasteiger partial charge in [-0.3, -0.25) is 5.32 Å². The maximum atomic E-state index is 11.3. The maximum absolute atomic E-state index is 11.3. The van der Waals surface area contributed by atoms with Crippen LogP contribution >= 0.6 is 0 Å². The first kappa shape index (κ1) is 14.7. The van der Waals surface area contributed by atoms with Crippen LogP contribution in [0.15, 0.2) is 0 Å². The lowest BCUT2D eigenvalue weighted by atomic mass is 10.0. The van der Waals surface area contributed by atoms with Gasteiger partial charge in [-0.2, -0.15) is 0 Å². The summed E-state index contributed by atoms with van der Waals surface area (Å²) in [6.07, 6.45) is -0.967. The number of amides is 1. The minimum absolute atomic E-state index is 0.683. The molecule has 0 aromatic carbocycles. The molecule has 0 fully saturated rings. The van der Waals surface area contributed by atoms with Crippen LogP contribution in [0.4, 0.5) is 4.79 Å². The van der Waals surface area contributed by atoms with E-state index in [-0.39, 0.29) is 0 Å². The fraction of sp³-hybridized carbons (Fsp3) is 0.800. The first-order chi connectivity index (χ1) is 6.99. The van der Waals surface area contributed by atoms with Crippen molar-refractivity contribution in [3.8, 4) is 0 Å². The van der Waals surface area contributed by atoms with Crippen molar-refractivity contribution in [3.63, 3.8) is 0 Å². The van der Waals surface area contributed by atoms with Crippen LogP contribution in [0.2, 0.25) is 0 Å². The van der Waals surface area contributed by atoms with Crippen molar-refractivity contribution < 1.29 is 24.5 Å². The van der Waals surface area contributed by atoms with Gasteiger partial charge in [0.2, 0.25) is 5.72 Å². The molecule has 3 N–H and O–H groups in total. The first-order valence-electron chi connectivity index (χ1n) is 4.96. The summed E-state index contributed by atoms with van der Waals surface area (Å²) >= 11 is 0. The molecule has 0 aliphatic carbocycles. The van der Waals surface area contributed by atoms with Gasteiger partial charge in [-0.25, -0.2) is 9.59 Å². The zero-order valence-electron chi connectivity index (χ0n) is 10.2. The molecule has 94 valence electrons. The minimum atomic E-state index is -2.32. The van der Waals surface area contributed by atoms with E-state index < -0.39 is 29.3 Å². The summed E-state index contributed by atoms with van der Waals surface area (Å²) in [4.78, 5) is 22.2. The molecule has 1 amide bonds. The van der Waals surface area contributed by atoms with Crippen LogP contribution in [0, 0.1) is 5.92 Å². The summed E-state index contributed by atoms with van der Waals surface area (Å²) < 4.78 is 4.86. The molecule has 0 saturated carbocycles. The van der Waals surface area contributed by atoms with Gasteiger partial charge in [0.15, 0.2) is 0 Å². The van der Waals surface area contributed by atoms with E-state index in [0.29, 0.717) is 0 Å². The van der Waals surface area contributed by atoms with Gasteiger partial charge in [0.05, 0.1) is 0 Å². The summed E-state index contributed by atoms with van der Waals surface area (Å²) in [5.41, 5.74) is -3.07. The van der Waals surface area contributed by atoms with Crippen LogP contribution in [0.25, 0.3) is 0 Å². The number of carboxylic acid groups (broad SMARTS) is 1.